The van der Waals surface area contributed by atoms with Gasteiger partial charge >= 0.3 is 5.97 Å². The summed E-state index contributed by atoms with van der Waals surface area (Å²) in [7, 11) is 0. The molecule has 0 saturated carbocycles. The summed E-state index contributed by atoms with van der Waals surface area (Å²) >= 11 is 0. The van der Waals surface area contributed by atoms with Gasteiger partial charge in [-0.1, -0.05) is 30.3 Å². The lowest BCUT2D eigenvalue weighted by Crippen LogP contribution is -2.49. The van der Waals surface area contributed by atoms with Crippen molar-refractivity contribution in [1.29, 1.82) is 5.26 Å². The van der Waals surface area contributed by atoms with Crippen LogP contribution in [0.15, 0.2) is 48.5 Å². The van der Waals surface area contributed by atoms with Crippen molar-refractivity contribution in [3.05, 3.63) is 65.2 Å². The quantitative estimate of drug-likeness (QED) is 0.885. The van der Waals surface area contributed by atoms with Gasteiger partial charge in [-0.25, -0.2) is 0 Å². The maximum atomic E-state index is 10.8. The summed E-state index contributed by atoms with van der Waals surface area (Å²) in [6.45, 7) is 2.33. The molecule has 0 radical (unpaired) electrons. The van der Waals surface area contributed by atoms with Crippen molar-refractivity contribution in [2.24, 2.45) is 5.92 Å². The highest BCUT2D eigenvalue weighted by Crippen LogP contribution is 2.21. The molecule has 1 fully saturated rings. The Kier molecular flexibility index (Phi) is 4.78. The maximum absolute atomic E-state index is 10.8. The van der Waals surface area contributed by atoms with Crippen LogP contribution in [-0.2, 0) is 17.9 Å². The Morgan fingerprint density at radius 3 is 2.58 bits per heavy atom. The van der Waals surface area contributed by atoms with Gasteiger partial charge in [0.1, 0.15) is 12.4 Å². The van der Waals surface area contributed by atoms with Crippen molar-refractivity contribution in [1.82, 2.24) is 4.90 Å². The molecule has 5 nitrogen and oxygen atoms in total. The van der Waals surface area contributed by atoms with Gasteiger partial charge in [-0.15, -0.1) is 0 Å². The fourth-order valence-electron chi connectivity index (χ4n) is 2.72. The second-order valence-electron chi connectivity index (χ2n) is 5.93. The number of ether oxygens (including phenoxy) is 1. The lowest BCUT2D eigenvalue weighted by Gasteiger charge is -2.36. The number of aliphatic carboxylic acids is 1. The predicted octanol–water partition coefficient (Wildman–Crippen LogP) is 2.65. The fraction of sp³-hybridized carbons (Fsp3) is 0.263. The smallest absolute Gasteiger partial charge is 0.309 e. The van der Waals surface area contributed by atoms with Crippen molar-refractivity contribution in [3.63, 3.8) is 0 Å². The van der Waals surface area contributed by atoms with E-state index in [0.29, 0.717) is 25.3 Å². The molecule has 0 amide bonds. The van der Waals surface area contributed by atoms with Crippen LogP contribution in [-0.4, -0.2) is 29.1 Å². The van der Waals surface area contributed by atoms with Crippen molar-refractivity contribution < 1.29 is 14.6 Å². The van der Waals surface area contributed by atoms with Gasteiger partial charge in [0.05, 0.1) is 17.6 Å². The molecule has 0 atom stereocenters. The Morgan fingerprint density at radius 1 is 1.21 bits per heavy atom. The first-order chi connectivity index (χ1) is 11.7. The van der Waals surface area contributed by atoms with E-state index in [1.165, 1.54) is 0 Å². The second kappa shape index (κ2) is 7.16. The van der Waals surface area contributed by atoms with E-state index in [-0.39, 0.29) is 5.92 Å². The van der Waals surface area contributed by atoms with Gasteiger partial charge in [-0.2, -0.15) is 5.26 Å². The topological polar surface area (TPSA) is 73.6 Å². The number of likely N-dealkylation sites (tertiary alicyclic amines) is 1. The first-order valence-electron chi connectivity index (χ1n) is 7.80. The lowest BCUT2D eigenvalue weighted by molar-refractivity contribution is -0.147. The number of nitriles is 1. The minimum absolute atomic E-state index is 0.229. The zero-order valence-corrected chi connectivity index (χ0v) is 13.2. The summed E-state index contributed by atoms with van der Waals surface area (Å²) in [5, 5.41) is 18.0. The third-order valence-electron chi connectivity index (χ3n) is 4.17. The van der Waals surface area contributed by atoms with Crippen LogP contribution < -0.4 is 4.74 Å². The molecular weight excluding hydrogens is 304 g/mol. The van der Waals surface area contributed by atoms with Crippen LogP contribution in [0.3, 0.4) is 0 Å². The summed E-state index contributed by atoms with van der Waals surface area (Å²) in [6.07, 6.45) is 0. The van der Waals surface area contributed by atoms with E-state index in [2.05, 4.69) is 11.0 Å². The molecule has 1 N–H and O–H groups in total. The normalized spacial score (nSPS) is 14.6. The standard InChI is InChI=1S/C19H18N2O3/c20-9-15-3-1-2-4-16(15)13-24-18-7-5-14(6-8-18)10-21-11-17(12-21)19(22)23/h1-8,17H,10-13H2,(H,22,23). The van der Waals surface area contributed by atoms with Crippen molar-refractivity contribution in [3.8, 4) is 11.8 Å². The van der Waals surface area contributed by atoms with E-state index >= 15 is 0 Å². The SMILES string of the molecule is N#Cc1ccccc1COc1ccc(CN2CC(C(=O)O)C2)cc1. The highest BCUT2D eigenvalue weighted by molar-refractivity contribution is 5.71. The molecular formula is C19H18N2O3. The largest absolute Gasteiger partial charge is 0.489 e. The molecule has 3 rings (SSSR count). The van der Waals surface area contributed by atoms with Crippen LogP contribution in [0.2, 0.25) is 0 Å². The average Bonchev–Trinajstić information content (AvgIpc) is 2.56. The van der Waals surface area contributed by atoms with E-state index in [4.69, 9.17) is 15.1 Å². The van der Waals surface area contributed by atoms with Crippen LogP contribution in [0, 0.1) is 17.2 Å². The van der Waals surface area contributed by atoms with Crippen LogP contribution in [0.25, 0.3) is 0 Å². The first kappa shape index (κ1) is 16.0. The number of hydrogen-bond donors (Lipinski definition) is 1. The summed E-state index contributed by atoms with van der Waals surface area (Å²) in [6, 6.07) is 17.3. The molecule has 0 unspecified atom stereocenters. The summed E-state index contributed by atoms with van der Waals surface area (Å²) < 4.78 is 5.74. The molecule has 24 heavy (non-hydrogen) atoms. The monoisotopic (exact) mass is 322 g/mol. The Balaban J connectivity index is 1.52. The molecule has 0 aliphatic carbocycles. The molecule has 0 aromatic heterocycles. The summed E-state index contributed by atoms with van der Waals surface area (Å²) in [4.78, 5) is 12.9. The van der Waals surface area contributed by atoms with Gasteiger partial charge in [0.25, 0.3) is 0 Å². The third-order valence-corrected chi connectivity index (χ3v) is 4.17. The molecule has 5 heteroatoms. The molecule has 1 heterocycles. The fourth-order valence-corrected chi connectivity index (χ4v) is 2.72. The highest BCUT2D eigenvalue weighted by Gasteiger charge is 2.32. The zero-order chi connectivity index (χ0) is 16.9. The van der Waals surface area contributed by atoms with Crippen LogP contribution >= 0.6 is 0 Å². The van der Waals surface area contributed by atoms with Crippen LogP contribution in [0.1, 0.15) is 16.7 Å². The number of benzene rings is 2. The summed E-state index contributed by atoms with van der Waals surface area (Å²) in [5.41, 5.74) is 2.62. The molecule has 0 bridgehead atoms. The maximum Gasteiger partial charge on any atom is 0.309 e. The minimum atomic E-state index is -0.715. The van der Waals surface area contributed by atoms with Gasteiger partial charge < -0.3 is 9.84 Å². The molecule has 2 aromatic rings. The van der Waals surface area contributed by atoms with Crippen molar-refractivity contribution in [2.75, 3.05) is 13.1 Å². The van der Waals surface area contributed by atoms with Gasteiger partial charge in [-0.05, 0) is 23.8 Å². The minimum Gasteiger partial charge on any atom is -0.489 e. The Morgan fingerprint density at radius 2 is 1.92 bits per heavy atom. The number of carboxylic acid groups (broad SMARTS) is 1. The zero-order valence-electron chi connectivity index (χ0n) is 13.2. The Bertz CT molecular complexity index is 759. The average molecular weight is 322 g/mol. The van der Waals surface area contributed by atoms with Gasteiger partial charge in [0.15, 0.2) is 0 Å². The molecule has 2 aromatic carbocycles. The second-order valence-corrected chi connectivity index (χ2v) is 5.93. The van der Waals surface area contributed by atoms with Crippen LogP contribution in [0.5, 0.6) is 5.75 Å². The molecule has 1 saturated heterocycles. The molecule has 1 aliphatic rings. The third kappa shape index (κ3) is 3.73. The number of nitrogens with zero attached hydrogens (tertiary/aromatic N) is 2. The lowest BCUT2D eigenvalue weighted by atomic mass is 10.00. The van der Waals surface area contributed by atoms with Gasteiger partial charge in [0, 0.05) is 25.2 Å². The Labute approximate surface area is 140 Å². The molecule has 0 spiro atoms. The van der Waals surface area contributed by atoms with E-state index in [0.717, 1.165) is 23.4 Å². The number of rotatable bonds is 6. The van der Waals surface area contributed by atoms with E-state index in [9.17, 15) is 4.79 Å². The predicted molar refractivity (Wildman–Crippen MR) is 88.3 cm³/mol. The molecule has 122 valence electrons. The van der Waals surface area contributed by atoms with Crippen LogP contribution in [0.4, 0.5) is 0 Å². The van der Waals surface area contributed by atoms with Gasteiger partial charge in [0.2, 0.25) is 0 Å². The number of carbonyl (C=O) groups is 1. The van der Waals surface area contributed by atoms with Crippen molar-refractivity contribution in [2.45, 2.75) is 13.2 Å². The summed E-state index contributed by atoms with van der Waals surface area (Å²) in [5.74, 6) is -0.195. The van der Waals surface area contributed by atoms with Crippen molar-refractivity contribution >= 4 is 5.97 Å². The van der Waals surface area contributed by atoms with E-state index in [1.807, 2.05) is 42.5 Å². The molecule has 1 aliphatic heterocycles. The highest BCUT2D eigenvalue weighted by atomic mass is 16.5. The number of hydrogen-bond acceptors (Lipinski definition) is 4. The Hall–Kier alpha value is -2.84. The van der Waals surface area contributed by atoms with E-state index in [1.54, 1.807) is 6.07 Å². The number of carboxylic acids is 1. The van der Waals surface area contributed by atoms with E-state index < -0.39 is 5.97 Å². The van der Waals surface area contributed by atoms with Gasteiger partial charge in [-0.3, -0.25) is 9.69 Å². The first-order valence-corrected chi connectivity index (χ1v) is 7.80.